The van der Waals surface area contributed by atoms with Gasteiger partial charge in [0.05, 0.1) is 6.54 Å². The smallest absolute Gasteiger partial charge is 0.319 e. The first kappa shape index (κ1) is 18.4. The minimum absolute atomic E-state index is 0.293. The highest BCUT2D eigenvalue weighted by molar-refractivity contribution is 9.10. The fourth-order valence-corrected chi connectivity index (χ4v) is 3.82. The number of nitrogens with one attached hydrogen (secondary N) is 1. The first-order valence-electron chi connectivity index (χ1n) is 8.81. The molecule has 1 fully saturated rings. The number of benzene rings is 3. The average Bonchev–Trinajstić information content (AvgIpc) is 2.92. The molecule has 4 rings (SSSR count). The minimum Gasteiger partial charge on any atom is -0.319 e. The first-order valence-corrected chi connectivity index (χ1v) is 9.60. The van der Waals surface area contributed by atoms with E-state index in [1.807, 2.05) is 42.5 Å². The van der Waals surface area contributed by atoms with Crippen molar-refractivity contribution in [1.29, 1.82) is 0 Å². The molecule has 1 saturated heterocycles. The summed E-state index contributed by atoms with van der Waals surface area (Å²) in [5.41, 5.74) is -0.0668. The minimum atomic E-state index is -1.22. The Bertz CT molecular complexity index is 1100. The fourth-order valence-electron chi connectivity index (χ4n) is 3.56. The van der Waals surface area contributed by atoms with Gasteiger partial charge in [-0.2, -0.15) is 0 Å². The summed E-state index contributed by atoms with van der Waals surface area (Å²) in [4.78, 5) is 39.3. The lowest BCUT2D eigenvalue weighted by Crippen LogP contribution is -2.41. The topological polar surface area (TPSA) is 66.5 Å². The maximum atomic E-state index is 13.2. The molecule has 0 aliphatic carbocycles. The van der Waals surface area contributed by atoms with Crippen molar-refractivity contribution in [3.8, 4) is 0 Å². The molecule has 1 aliphatic heterocycles. The number of carbonyl (C=O) groups excluding carboxylic acids is 3. The third kappa shape index (κ3) is 2.99. The molecule has 1 N–H and O–H groups in total. The number of Topliss-reactive ketones (excluding diaryl/α,β-unsaturated/α-hetero) is 1. The van der Waals surface area contributed by atoms with Crippen molar-refractivity contribution >= 4 is 44.4 Å². The summed E-state index contributed by atoms with van der Waals surface area (Å²) in [6.45, 7) is 1.38. The van der Waals surface area contributed by atoms with Gasteiger partial charge in [0.15, 0.2) is 5.78 Å². The van der Waals surface area contributed by atoms with Gasteiger partial charge in [0.25, 0.3) is 5.91 Å². The zero-order valence-corrected chi connectivity index (χ0v) is 16.7. The van der Waals surface area contributed by atoms with Gasteiger partial charge in [-0.25, -0.2) is 4.79 Å². The molecule has 1 aliphatic rings. The van der Waals surface area contributed by atoms with Crippen LogP contribution in [0.5, 0.6) is 0 Å². The van der Waals surface area contributed by atoms with Crippen LogP contribution in [0, 0.1) is 0 Å². The van der Waals surface area contributed by atoms with Crippen molar-refractivity contribution in [1.82, 2.24) is 10.2 Å². The number of amides is 3. The molecule has 0 aromatic heterocycles. The van der Waals surface area contributed by atoms with Gasteiger partial charge in [0.1, 0.15) is 5.54 Å². The Kier molecular flexibility index (Phi) is 4.51. The molecular weight excluding hydrogens is 420 g/mol. The highest BCUT2D eigenvalue weighted by Gasteiger charge is 2.50. The molecule has 3 aromatic rings. The molecule has 0 bridgehead atoms. The Hall–Kier alpha value is -2.99. The molecule has 5 nitrogen and oxygen atoms in total. The molecular formula is C22H17BrN2O3. The first-order chi connectivity index (χ1) is 13.4. The Morgan fingerprint density at radius 1 is 1.00 bits per heavy atom. The third-order valence-electron chi connectivity index (χ3n) is 5.07. The van der Waals surface area contributed by atoms with Crippen LogP contribution in [0.1, 0.15) is 22.8 Å². The number of fused-ring (bicyclic) bond motifs is 1. The largest absolute Gasteiger partial charge is 0.325 e. The van der Waals surface area contributed by atoms with Gasteiger partial charge in [0, 0.05) is 10.0 Å². The third-order valence-corrected chi connectivity index (χ3v) is 5.60. The van der Waals surface area contributed by atoms with Crippen LogP contribution < -0.4 is 5.32 Å². The lowest BCUT2D eigenvalue weighted by atomic mass is 9.88. The van der Waals surface area contributed by atoms with Gasteiger partial charge in [0.2, 0.25) is 0 Å². The molecule has 1 atom stereocenters. The number of halogens is 1. The van der Waals surface area contributed by atoms with E-state index in [0.717, 1.165) is 20.1 Å². The summed E-state index contributed by atoms with van der Waals surface area (Å²) in [6.07, 6.45) is 0. The number of nitrogens with zero attached hydrogens (tertiary/aromatic N) is 1. The zero-order valence-electron chi connectivity index (χ0n) is 15.1. The van der Waals surface area contributed by atoms with E-state index in [-0.39, 0.29) is 12.3 Å². The second kappa shape index (κ2) is 6.87. The summed E-state index contributed by atoms with van der Waals surface area (Å²) in [7, 11) is 0. The van der Waals surface area contributed by atoms with Crippen molar-refractivity contribution in [3.05, 3.63) is 82.3 Å². The maximum Gasteiger partial charge on any atom is 0.325 e. The fraction of sp³-hybridized carbons (Fsp3) is 0.136. The van der Waals surface area contributed by atoms with E-state index in [1.165, 1.54) is 0 Å². The van der Waals surface area contributed by atoms with E-state index in [1.54, 1.807) is 31.2 Å². The molecule has 0 spiro atoms. The number of rotatable bonds is 4. The van der Waals surface area contributed by atoms with Crippen molar-refractivity contribution in [2.45, 2.75) is 12.5 Å². The van der Waals surface area contributed by atoms with Gasteiger partial charge in [-0.1, -0.05) is 70.5 Å². The van der Waals surface area contributed by atoms with Gasteiger partial charge in [-0.3, -0.25) is 14.5 Å². The van der Waals surface area contributed by atoms with Crippen molar-refractivity contribution in [3.63, 3.8) is 0 Å². The molecule has 1 unspecified atom stereocenters. The van der Waals surface area contributed by atoms with Crippen molar-refractivity contribution < 1.29 is 14.4 Å². The number of hydrogen-bond donors (Lipinski definition) is 1. The number of ketones is 1. The second-order valence-corrected chi connectivity index (χ2v) is 7.82. The summed E-state index contributed by atoms with van der Waals surface area (Å²) in [5.74, 6) is -0.725. The number of imide groups is 1. The van der Waals surface area contributed by atoms with Gasteiger partial charge in [-0.05, 0) is 35.4 Å². The standard InChI is InChI=1S/C22H17BrN2O3/c1-22(18-8-4-6-14-5-2-3-7-17(14)18)20(27)25(21(28)24-22)13-19(26)15-9-11-16(23)12-10-15/h2-12H,13H2,1H3,(H,24,28). The maximum absolute atomic E-state index is 13.2. The Balaban J connectivity index is 1.66. The lowest BCUT2D eigenvalue weighted by molar-refractivity contribution is -0.130. The predicted molar refractivity (Wildman–Crippen MR) is 110 cm³/mol. The summed E-state index contributed by atoms with van der Waals surface area (Å²) < 4.78 is 0.850. The van der Waals surface area contributed by atoms with Crippen LogP contribution in [-0.2, 0) is 10.3 Å². The molecule has 0 radical (unpaired) electrons. The molecule has 6 heteroatoms. The van der Waals surface area contributed by atoms with Crippen LogP contribution in [0.25, 0.3) is 10.8 Å². The van der Waals surface area contributed by atoms with E-state index in [9.17, 15) is 14.4 Å². The van der Waals surface area contributed by atoms with Gasteiger partial charge in [-0.15, -0.1) is 0 Å². The molecule has 3 aromatic carbocycles. The summed E-state index contributed by atoms with van der Waals surface area (Å²) >= 11 is 3.32. The monoisotopic (exact) mass is 436 g/mol. The lowest BCUT2D eigenvalue weighted by Gasteiger charge is -2.24. The molecule has 1 heterocycles. The van der Waals surface area contributed by atoms with Crippen molar-refractivity contribution in [2.75, 3.05) is 6.54 Å². The quantitative estimate of drug-likeness (QED) is 0.490. The zero-order chi connectivity index (χ0) is 19.9. The molecule has 3 amide bonds. The van der Waals surface area contributed by atoms with Crippen LogP contribution in [-0.4, -0.2) is 29.2 Å². The van der Waals surface area contributed by atoms with E-state index < -0.39 is 17.5 Å². The van der Waals surface area contributed by atoms with Crippen LogP contribution >= 0.6 is 15.9 Å². The molecule has 28 heavy (non-hydrogen) atoms. The molecule has 0 saturated carbocycles. The number of carbonyl (C=O) groups is 3. The summed E-state index contributed by atoms with van der Waals surface area (Å²) in [6, 6.07) is 19.6. The SMILES string of the molecule is CC1(c2cccc3ccccc23)NC(=O)N(CC(=O)c2ccc(Br)cc2)C1=O. The van der Waals surface area contributed by atoms with E-state index >= 15 is 0 Å². The number of urea groups is 1. The van der Waals surface area contributed by atoms with Gasteiger partial charge >= 0.3 is 6.03 Å². The summed E-state index contributed by atoms with van der Waals surface area (Å²) in [5, 5.41) is 4.65. The highest BCUT2D eigenvalue weighted by Crippen LogP contribution is 2.33. The van der Waals surface area contributed by atoms with Crippen LogP contribution in [0.4, 0.5) is 4.79 Å². The normalized spacial score (nSPS) is 19.1. The van der Waals surface area contributed by atoms with Gasteiger partial charge < -0.3 is 5.32 Å². The Labute approximate surface area is 170 Å². The predicted octanol–water partition coefficient (Wildman–Crippen LogP) is 4.25. The van der Waals surface area contributed by atoms with Crippen LogP contribution in [0.15, 0.2) is 71.2 Å². The van der Waals surface area contributed by atoms with E-state index in [4.69, 9.17) is 0 Å². The van der Waals surface area contributed by atoms with E-state index in [2.05, 4.69) is 21.2 Å². The van der Waals surface area contributed by atoms with E-state index in [0.29, 0.717) is 11.1 Å². The Morgan fingerprint density at radius 2 is 1.68 bits per heavy atom. The number of hydrogen-bond acceptors (Lipinski definition) is 3. The molecule has 140 valence electrons. The Morgan fingerprint density at radius 3 is 2.43 bits per heavy atom. The second-order valence-electron chi connectivity index (χ2n) is 6.90. The van der Waals surface area contributed by atoms with Crippen LogP contribution in [0.3, 0.4) is 0 Å². The van der Waals surface area contributed by atoms with Crippen LogP contribution in [0.2, 0.25) is 0 Å². The highest BCUT2D eigenvalue weighted by atomic mass is 79.9. The van der Waals surface area contributed by atoms with Crippen molar-refractivity contribution in [2.24, 2.45) is 0 Å². The average molecular weight is 437 g/mol.